The molecule has 0 aromatic carbocycles. The molecule has 0 spiro atoms. The quantitative estimate of drug-likeness (QED) is 0.139. The number of thioether (sulfide) groups is 1. The van der Waals surface area contributed by atoms with Gasteiger partial charge in [0.15, 0.2) is 5.03 Å². The predicted octanol–water partition coefficient (Wildman–Crippen LogP) is 6.89. The maximum Gasteiger partial charge on any atom is 0.341 e. The van der Waals surface area contributed by atoms with Crippen molar-refractivity contribution in [2.45, 2.75) is 76.4 Å². The Labute approximate surface area is 165 Å². The highest BCUT2D eigenvalue weighted by atomic mass is 35.5. The van der Waals surface area contributed by atoms with Gasteiger partial charge in [-0.15, -0.1) is 11.8 Å². The van der Waals surface area contributed by atoms with E-state index < -0.39 is 7.60 Å². The lowest BCUT2D eigenvalue weighted by atomic mass is 10.2. The summed E-state index contributed by atoms with van der Waals surface area (Å²) in [7, 11) is -3.09. The average molecular weight is 429 g/mol. The Bertz CT molecular complexity index is 558. The smallest absolute Gasteiger partial charge is 0.308 e. The van der Waals surface area contributed by atoms with E-state index >= 15 is 0 Å². The van der Waals surface area contributed by atoms with Gasteiger partial charge in [-0.2, -0.15) is 5.10 Å². The van der Waals surface area contributed by atoms with Crippen LogP contribution in [0.2, 0.25) is 5.02 Å². The minimum atomic E-state index is -3.09. The van der Waals surface area contributed by atoms with E-state index in [1.807, 2.05) is 4.68 Å². The Morgan fingerprint density at radius 3 is 2.52 bits per heavy atom. The molecule has 9 heteroatoms. The molecular formula is C16H30ClN2O3PS2. The largest absolute Gasteiger partial charge is 0.341 e. The Balaban J connectivity index is 2.84. The van der Waals surface area contributed by atoms with E-state index in [-0.39, 0.29) is 0 Å². The highest BCUT2D eigenvalue weighted by Crippen LogP contribution is 2.53. The number of aromatic nitrogens is 2. The van der Waals surface area contributed by atoms with Gasteiger partial charge in [0.2, 0.25) is 0 Å². The number of rotatable bonds is 14. The van der Waals surface area contributed by atoms with Gasteiger partial charge in [-0.3, -0.25) is 9.25 Å². The first-order valence-corrected chi connectivity index (χ1v) is 12.8. The Morgan fingerprint density at radius 2 is 1.92 bits per heavy atom. The standard InChI is InChI=1S/C16H30ClN2O3PS2/c1-5-9-10-11-12-19-16(24-13-6-2)14(17)15(18-19)25-22-23(20,8-4)21-7-3/h5-13H2,1-4H3. The zero-order valence-electron chi connectivity index (χ0n) is 15.6. The van der Waals surface area contributed by atoms with Gasteiger partial charge in [-0.05, 0) is 25.5 Å². The number of halogens is 1. The molecule has 0 aliphatic rings. The molecule has 1 aromatic heterocycles. The maximum atomic E-state index is 12.4. The van der Waals surface area contributed by atoms with Crippen LogP contribution in [0.25, 0.3) is 0 Å². The summed E-state index contributed by atoms with van der Waals surface area (Å²) in [5, 5.41) is 6.69. The van der Waals surface area contributed by atoms with Gasteiger partial charge < -0.3 is 4.52 Å². The van der Waals surface area contributed by atoms with Crippen LogP contribution >= 0.6 is 43.0 Å². The summed E-state index contributed by atoms with van der Waals surface area (Å²) in [6, 6.07) is 0. The first kappa shape index (κ1) is 23.4. The number of nitrogens with zero attached hydrogens (tertiary/aromatic N) is 2. The Morgan fingerprint density at radius 1 is 1.16 bits per heavy atom. The number of hydrogen-bond acceptors (Lipinski definition) is 6. The van der Waals surface area contributed by atoms with Crippen LogP contribution in [0.15, 0.2) is 10.1 Å². The van der Waals surface area contributed by atoms with Crippen LogP contribution in [-0.2, 0) is 19.6 Å². The maximum absolute atomic E-state index is 12.4. The van der Waals surface area contributed by atoms with E-state index in [1.54, 1.807) is 25.6 Å². The van der Waals surface area contributed by atoms with E-state index in [0.717, 1.165) is 42.2 Å². The monoisotopic (exact) mass is 428 g/mol. The minimum Gasteiger partial charge on any atom is -0.308 e. The third-order valence-corrected chi connectivity index (χ3v) is 8.39. The SMILES string of the molecule is CCCCCCn1nc(SOP(=O)(CC)OCC)c(Cl)c1SCCC. The zero-order valence-corrected chi connectivity index (χ0v) is 18.9. The molecule has 5 nitrogen and oxygen atoms in total. The van der Waals surface area contributed by atoms with Gasteiger partial charge >= 0.3 is 7.60 Å². The first-order chi connectivity index (χ1) is 12.0. The summed E-state index contributed by atoms with van der Waals surface area (Å²) < 4.78 is 25.1. The molecule has 1 atom stereocenters. The van der Waals surface area contributed by atoms with Crippen molar-refractivity contribution in [1.29, 1.82) is 0 Å². The van der Waals surface area contributed by atoms with E-state index in [2.05, 4.69) is 18.9 Å². The van der Waals surface area contributed by atoms with Crippen LogP contribution in [0.3, 0.4) is 0 Å². The van der Waals surface area contributed by atoms with Gasteiger partial charge in [0.1, 0.15) is 10.0 Å². The Kier molecular flexibility index (Phi) is 11.9. The fourth-order valence-electron chi connectivity index (χ4n) is 2.09. The molecule has 0 aliphatic heterocycles. The van der Waals surface area contributed by atoms with Crippen molar-refractivity contribution in [1.82, 2.24) is 9.78 Å². The third kappa shape index (κ3) is 7.86. The second-order valence-electron chi connectivity index (χ2n) is 5.56. The molecule has 1 rings (SSSR count). The van der Waals surface area contributed by atoms with Crippen LogP contribution in [-0.4, -0.2) is 28.3 Å². The van der Waals surface area contributed by atoms with Crippen LogP contribution in [0.1, 0.15) is 59.8 Å². The van der Waals surface area contributed by atoms with Gasteiger partial charge in [-0.25, -0.2) is 3.97 Å². The number of aryl methyl sites for hydroxylation is 1. The van der Waals surface area contributed by atoms with Gasteiger partial charge in [0, 0.05) is 12.7 Å². The van der Waals surface area contributed by atoms with Crippen LogP contribution in [0.4, 0.5) is 0 Å². The normalized spacial score (nSPS) is 14.0. The highest BCUT2D eigenvalue weighted by Gasteiger charge is 2.25. The molecule has 0 aliphatic carbocycles. The summed E-state index contributed by atoms with van der Waals surface area (Å²) in [4.78, 5) is 0. The summed E-state index contributed by atoms with van der Waals surface area (Å²) >= 11 is 9.19. The molecule has 0 amide bonds. The lowest BCUT2D eigenvalue weighted by Gasteiger charge is -2.13. The minimum absolute atomic E-state index is 0.320. The molecular weight excluding hydrogens is 399 g/mol. The topological polar surface area (TPSA) is 53.4 Å². The van der Waals surface area contributed by atoms with Gasteiger partial charge in [0.05, 0.1) is 18.6 Å². The highest BCUT2D eigenvalue weighted by molar-refractivity contribution is 7.99. The second kappa shape index (κ2) is 12.7. The van der Waals surface area contributed by atoms with E-state index in [0.29, 0.717) is 22.8 Å². The van der Waals surface area contributed by atoms with E-state index in [9.17, 15) is 4.57 Å². The van der Waals surface area contributed by atoms with E-state index in [1.165, 1.54) is 19.3 Å². The molecule has 25 heavy (non-hydrogen) atoms. The molecule has 0 radical (unpaired) electrons. The Hall–Kier alpha value is 0.350. The second-order valence-corrected chi connectivity index (χ2v) is 10.3. The lowest BCUT2D eigenvalue weighted by molar-refractivity contribution is 0.290. The summed E-state index contributed by atoms with van der Waals surface area (Å²) in [6.07, 6.45) is 6.07. The van der Waals surface area contributed by atoms with Crippen molar-refractivity contribution in [3.63, 3.8) is 0 Å². The number of unbranched alkanes of at least 4 members (excludes halogenated alkanes) is 3. The van der Waals surface area contributed by atoms with Crippen molar-refractivity contribution in [3.05, 3.63) is 5.02 Å². The summed E-state index contributed by atoms with van der Waals surface area (Å²) in [6.45, 7) is 9.11. The molecule has 1 aromatic rings. The zero-order chi connectivity index (χ0) is 18.7. The predicted molar refractivity (Wildman–Crippen MR) is 109 cm³/mol. The molecule has 146 valence electrons. The van der Waals surface area contributed by atoms with Crippen LogP contribution in [0, 0.1) is 0 Å². The van der Waals surface area contributed by atoms with Crippen molar-refractivity contribution in [2.75, 3.05) is 18.5 Å². The lowest BCUT2D eigenvalue weighted by Crippen LogP contribution is -2.02. The molecule has 0 bridgehead atoms. The van der Waals surface area contributed by atoms with E-state index in [4.69, 9.17) is 20.1 Å². The summed E-state index contributed by atoms with van der Waals surface area (Å²) in [5.74, 6) is 0.984. The first-order valence-electron chi connectivity index (χ1n) is 9.00. The molecule has 1 heterocycles. The van der Waals surface area contributed by atoms with Crippen LogP contribution < -0.4 is 0 Å². The van der Waals surface area contributed by atoms with Crippen molar-refractivity contribution < 1.29 is 13.1 Å². The molecule has 1 unspecified atom stereocenters. The van der Waals surface area contributed by atoms with Crippen LogP contribution in [0.5, 0.6) is 0 Å². The average Bonchev–Trinajstić information content (AvgIpc) is 2.90. The van der Waals surface area contributed by atoms with Crippen molar-refractivity contribution in [2.24, 2.45) is 0 Å². The van der Waals surface area contributed by atoms with Gasteiger partial charge in [0.25, 0.3) is 0 Å². The van der Waals surface area contributed by atoms with Crippen molar-refractivity contribution in [3.8, 4) is 0 Å². The molecule has 0 N–H and O–H groups in total. The fourth-order valence-corrected chi connectivity index (χ4v) is 5.66. The summed E-state index contributed by atoms with van der Waals surface area (Å²) in [5.41, 5.74) is 0. The molecule has 0 saturated heterocycles. The molecule has 0 fully saturated rings. The number of hydrogen-bond donors (Lipinski definition) is 0. The molecule has 0 saturated carbocycles. The van der Waals surface area contributed by atoms with Gasteiger partial charge in [-0.1, -0.05) is 51.6 Å². The third-order valence-electron chi connectivity index (χ3n) is 3.43. The fraction of sp³-hybridized carbons (Fsp3) is 0.812. The van der Waals surface area contributed by atoms with Crippen molar-refractivity contribution >= 4 is 43.0 Å².